The molecule has 25 heavy (non-hydrogen) atoms. The maximum Gasteiger partial charge on any atom is 0.255 e. The van der Waals surface area contributed by atoms with Crippen LogP contribution in [-0.4, -0.2) is 10.9 Å². The molecule has 3 nitrogen and oxygen atoms in total. The highest BCUT2D eigenvalue weighted by molar-refractivity contribution is 8.00. The van der Waals surface area contributed by atoms with Gasteiger partial charge < -0.3 is 5.32 Å². The van der Waals surface area contributed by atoms with Gasteiger partial charge in [-0.15, -0.1) is 11.3 Å². The quantitative estimate of drug-likeness (QED) is 0.595. The first kappa shape index (κ1) is 17.7. The van der Waals surface area contributed by atoms with E-state index in [2.05, 4.69) is 10.3 Å². The molecule has 0 saturated carbocycles. The lowest BCUT2D eigenvalue weighted by Gasteiger charge is -2.12. The number of aryl methyl sites for hydroxylation is 2. The van der Waals surface area contributed by atoms with Gasteiger partial charge in [0.15, 0.2) is 0 Å². The van der Waals surface area contributed by atoms with Gasteiger partial charge >= 0.3 is 0 Å². The van der Waals surface area contributed by atoms with Crippen molar-refractivity contribution in [2.24, 2.45) is 0 Å². The smallest absolute Gasteiger partial charge is 0.255 e. The third-order valence-corrected chi connectivity index (χ3v) is 6.25. The highest BCUT2D eigenvalue weighted by Crippen LogP contribution is 2.28. The summed E-state index contributed by atoms with van der Waals surface area (Å²) in [7, 11) is 0. The van der Waals surface area contributed by atoms with E-state index < -0.39 is 0 Å². The molecule has 2 aromatic carbocycles. The SMILES string of the molecule is Cc1csc(SCc2ccccc2C(=O)Nc2cccc(C)c2C)n1. The van der Waals surface area contributed by atoms with E-state index in [1.807, 2.05) is 68.6 Å². The molecule has 0 saturated heterocycles. The van der Waals surface area contributed by atoms with Crippen LogP contribution in [0.15, 0.2) is 52.2 Å². The van der Waals surface area contributed by atoms with E-state index in [-0.39, 0.29) is 5.91 Å². The fraction of sp³-hybridized carbons (Fsp3) is 0.200. The number of nitrogens with zero attached hydrogens (tertiary/aromatic N) is 1. The minimum absolute atomic E-state index is 0.0692. The van der Waals surface area contributed by atoms with Gasteiger partial charge in [-0.05, 0) is 49.6 Å². The fourth-order valence-corrected chi connectivity index (χ4v) is 4.34. The van der Waals surface area contributed by atoms with Crippen molar-refractivity contribution in [1.29, 1.82) is 0 Å². The lowest BCUT2D eigenvalue weighted by atomic mass is 10.1. The molecule has 1 aromatic heterocycles. The van der Waals surface area contributed by atoms with Crippen LogP contribution < -0.4 is 5.32 Å². The molecule has 0 radical (unpaired) electrons. The molecule has 1 heterocycles. The Morgan fingerprint density at radius 2 is 1.92 bits per heavy atom. The van der Waals surface area contributed by atoms with Crippen LogP contribution in [0.4, 0.5) is 5.69 Å². The van der Waals surface area contributed by atoms with Gasteiger partial charge in [0.25, 0.3) is 5.91 Å². The van der Waals surface area contributed by atoms with Crippen molar-refractivity contribution in [3.63, 3.8) is 0 Å². The van der Waals surface area contributed by atoms with E-state index in [4.69, 9.17) is 0 Å². The van der Waals surface area contributed by atoms with Crippen LogP contribution in [0.3, 0.4) is 0 Å². The zero-order valence-electron chi connectivity index (χ0n) is 14.5. The monoisotopic (exact) mass is 368 g/mol. The first-order valence-electron chi connectivity index (χ1n) is 8.05. The summed E-state index contributed by atoms with van der Waals surface area (Å²) in [5, 5.41) is 5.09. The molecule has 128 valence electrons. The van der Waals surface area contributed by atoms with E-state index in [0.29, 0.717) is 5.56 Å². The molecule has 5 heteroatoms. The zero-order valence-corrected chi connectivity index (χ0v) is 16.1. The third kappa shape index (κ3) is 4.30. The van der Waals surface area contributed by atoms with Gasteiger partial charge in [-0.1, -0.05) is 42.1 Å². The van der Waals surface area contributed by atoms with E-state index in [1.165, 1.54) is 5.56 Å². The number of thiazole rings is 1. The summed E-state index contributed by atoms with van der Waals surface area (Å²) in [6.45, 7) is 6.06. The lowest BCUT2D eigenvalue weighted by molar-refractivity contribution is 0.102. The van der Waals surface area contributed by atoms with Gasteiger partial charge in [-0.3, -0.25) is 4.79 Å². The van der Waals surface area contributed by atoms with Crippen molar-refractivity contribution in [2.45, 2.75) is 30.9 Å². The Bertz CT molecular complexity index is 902. The Morgan fingerprint density at radius 1 is 1.12 bits per heavy atom. The summed E-state index contributed by atoms with van der Waals surface area (Å²) >= 11 is 3.31. The average Bonchev–Trinajstić information content (AvgIpc) is 3.03. The minimum Gasteiger partial charge on any atom is -0.322 e. The minimum atomic E-state index is -0.0692. The summed E-state index contributed by atoms with van der Waals surface area (Å²) < 4.78 is 1.03. The normalized spacial score (nSPS) is 10.7. The molecule has 0 aliphatic heterocycles. The van der Waals surface area contributed by atoms with Gasteiger partial charge in [0.05, 0.1) is 0 Å². The maximum absolute atomic E-state index is 12.8. The summed E-state index contributed by atoms with van der Waals surface area (Å²) in [5.41, 5.74) is 5.89. The topological polar surface area (TPSA) is 42.0 Å². The number of carbonyl (C=O) groups is 1. The predicted octanol–water partition coefficient (Wildman–Crippen LogP) is 5.61. The van der Waals surface area contributed by atoms with Crippen molar-refractivity contribution < 1.29 is 4.79 Å². The van der Waals surface area contributed by atoms with E-state index in [0.717, 1.165) is 32.6 Å². The highest BCUT2D eigenvalue weighted by Gasteiger charge is 2.13. The number of rotatable bonds is 5. The van der Waals surface area contributed by atoms with Crippen molar-refractivity contribution in [3.05, 3.63) is 75.8 Å². The van der Waals surface area contributed by atoms with Gasteiger partial charge in [0, 0.05) is 28.1 Å². The first-order valence-corrected chi connectivity index (χ1v) is 9.91. The molecular weight excluding hydrogens is 348 g/mol. The molecule has 0 aliphatic carbocycles. The number of hydrogen-bond acceptors (Lipinski definition) is 4. The van der Waals surface area contributed by atoms with Gasteiger partial charge in [-0.25, -0.2) is 4.98 Å². The second-order valence-electron chi connectivity index (χ2n) is 5.90. The Balaban J connectivity index is 1.77. The van der Waals surface area contributed by atoms with Crippen LogP contribution in [0.5, 0.6) is 0 Å². The van der Waals surface area contributed by atoms with E-state index >= 15 is 0 Å². The molecule has 3 aromatic rings. The van der Waals surface area contributed by atoms with Crippen molar-refractivity contribution in [2.75, 3.05) is 5.32 Å². The molecule has 0 aliphatic rings. The fourth-order valence-electron chi connectivity index (χ4n) is 2.48. The second kappa shape index (κ2) is 7.85. The number of carbonyl (C=O) groups excluding carboxylic acids is 1. The number of nitrogens with one attached hydrogen (secondary N) is 1. The summed E-state index contributed by atoms with van der Waals surface area (Å²) in [6.07, 6.45) is 0. The Morgan fingerprint density at radius 3 is 2.68 bits per heavy atom. The average molecular weight is 369 g/mol. The van der Waals surface area contributed by atoms with Crippen LogP contribution in [0.2, 0.25) is 0 Å². The number of amides is 1. The zero-order chi connectivity index (χ0) is 17.8. The third-order valence-electron chi connectivity index (χ3n) is 4.06. The van der Waals surface area contributed by atoms with Gasteiger partial charge in [-0.2, -0.15) is 0 Å². The Kier molecular flexibility index (Phi) is 5.56. The van der Waals surface area contributed by atoms with Crippen molar-refractivity contribution in [1.82, 2.24) is 4.98 Å². The van der Waals surface area contributed by atoms with Gasteiger partial charge in [0.2, 0.25) is 0 Å². The maximum atomic E-state index is 12.8. The van der Waals surface area contributed by atoms with Crippen LogP contribution in [-0.2, 0) is 5.75 Å². The Labute approximate surface area is 156 Å². The summed E-state index contributed by atoms with van der Waals surface area (Å²) in [5.74, 6) is 0.656. The number of thioether (sulfide) groups is 1. The number of anilines is 1. The molecule has 0 spiro atoms. The second-order valence-corrected chi connectivity index (χ2v) is 7.98. The summed E-state index contributed by atoms with van der Waals surface area (Å²) in [6, 6.07) is 13.7. The largest absolute Gasteiger partial charge is 0.322 e. The van der Waals surface area contributed by atoms with Gasteiger partial charge in [0.1, 0.15) is 4.34 Å². The number of aromatic nitrogens is 1. The van der Waals surface area contributed by atoms with Crippen LogP contribution >= 0.6 is 23.1 Å². The number of hydrogen-bond donors (Lipinski definition) is 1. The van der Waals surface area contributed by atoms with Crippen LogP contribution in [0, 0.1) is 20.8 Å². The van der Waals surface area contributed by atoms with Crippen LogP contribution in [0.25, 0.3) is 0 Å². The number of benzene rings is 2. The molecule has 1 N–H and O–H groups in total. The van der Waals surface area contributed by atoms with Crippen LogP contribution in [0.1, 0.15) is 32.7 Å². The van der Waals surface area contributed by atoms with E-state index in [9.17, 15) is 4.79 Å². The predicted molar refractivity (Wildman–Crippen MR) is 107 cm³/mol. The molecule has 0 unspecified atom stereocenters. The lowest BCUT2D eigenvalue weighted by Crippen LogP contribution is -2.15. The highest BCUT2D eigenvalue weighted by atomic mass is 32.2. The molecular formula is C20H20N2OS2. The standard InChI is InChI=1S/C20H20N2OS2/c1-13-7-6-10-18(15(13)3)22-19(23)17-9-5-4-8-16(17)12-25-20-21-14(2)11-24-20/h4-11H,12H2,1-3H3,(H,22,23). The first-order chi connectivity index (χ1) is 12.0. The Hall–Kier alpha value is -2.11. The molecule has 0 bridgehead atoms. The van der Waals surface area contributed by atoms with E-state index in [1.54, 1.807) is 23.1 Å². The molecule has 1 amide bonds. The molecule has 3 rings (SSSR count). The van der Waals surface area contributed by atoms with Crippen molar-refractivity contribution in [3.8, 4) is 0 Å². The summed E-state index contributed by atoms with van der Waals surface area (Å²) in [4.78, 5) is 17.3. The van der Waals surface area contributed by atoms with Crippen molar-refractivity contribution >= 4 is 34.7 Å². The molecule has 0 atom stereocenters. The molecule has 0 fully saturated rings.